The average molecular weight is 422 g/mol. The highest BCUT2D eigenvalue weighted by molar-refractivity contribution is 5.79. The number of hydrogen-bond donors (Lipinski definition) is 1. The smallest absolute Gasteiger partial charge is 0.227 e. The van der Waals surface area contributed by atoms with Gasteiger partial charge in [0.2, 0.25) is 5.91 Å². The van der Waals surface area contributed by atoms with Gasteiger partial charge in [-0.05, 0) is 62.4 Å². The summed E-state index contributed by atoms with van der Waals surface area (Å²) in [6.07, 6.45) is 1.38. The summed E-state index contributed by atoms with van der Waals surface area (Å²) < 4.78 is 15.0. The molecule has 1 aliphatic heterocycles. The second kappa shape index (κ2) is 9.02. The number of carbonyl (C=O) groups excluding carboxylic acids is 1. The Morgan fingerprint density at radius 1 is 1.10 bits per heavy atom. The molecule has 6 heteroatoms. The topological polar surface area (TPSA) is 58.4 Å². The monoisotopic (exact) mass is 421 g/mol. The number of aromatic nitrogens is 2. The maximum atomic E-state index is 13.2. The minimum atomic E-state index is -0.489. The van der Waals surface area contributed by atoms with Crippen LogP contribution in [0, 0.1) is 25.6 Å². The molecule has 1 saturated heterocycles. The summed E-state index contributed by atoms with van der Waals surface area (Å²) >= 11 is 0. The molecular weight excluding hydrogens is 393 g/mol. The number of halogens is 1. The van der Waals surface area contributed by atoms with E-state index in [-0.39, 0.29) is 17.6 Å². The summed E-state index contributed by atoms with van der Waals surface area (Å²) in [5, 5.41) is 15.2. The molecule has 1 N–H and O–H groups in total. The fourth-order valence-corrected chi connectivity index (χ4v) is 4.41. The van der Waals surface area contributed by atoms with Gasteiger partial charge in [-0.15, -0.1) is 0 Å². The van der Waals surface area contributed by atoms with Crippen LogP contribution in [-0.4, -0.2) is 38.8 Å². The Bertz CT molecular complexity index is 1040. The molecule has 1 fully saturated rings. The van der Waals surface area contributed by atoms with E-state index in [9.17, 15) is 14.3 Å². The van der Waals surface area contributed by atoms with Crippen LogP contribution in [-0.2, 0) is 11.2 Å². The number of rotatable bonds is 5. The third-order valence-corrected chi connectivity index (χ3v) is 6.32. The molecule has 1 aromatic heterocycles. The molecule has 3 aromatic rings. The van der Waals surface area contributed by atoms with Crippen LogP contribution in [0.1, 0.15) is 41.5 Å². The molecule has 4 rings (SSSR count). The number of amides is 1. The Balaban J connectivity index is 1.40. The van der Waals surface area contributed by atoms with Crippen molar-refractivity contribution >= 4 is 5.91 Å². The molecule has 0 spiro atoms. The number of aliphatic hydroxyl groups is 1. The molecule has 0 radical (unpaired) electrons. The Morgan fingerprint density at radius 2 is 1.74 bits per heavy atom. The normalized spacial score (nSPS) is 15.8. The first-order valence-electron chi connectivity index (χ1n) is 10.8. The van der Waals surface area contributed by atoms with Crippen molar-refractivity contribution < 1.29 is 14.3 Å². The zero-order valence-corrected chi connectivity index (χ0v) is 18.0. The molecule has 2 heterocycles. The number of hydrogen-bond acceptors (Lipinski definition) is 3. The van der Waals surface area contributed by atoms with Crippen LogP contribution in [0.4, 0.5) is 4.39 Å². The van der Waals surface area contributed by atoms with Crippen LogP contribution >= 0.6 is 0 Å². The van der Waals surface area contributed by atoms with Gasteiger partial charge in [-0.3, -0.25) is 4.79 Å². The van der Waals surface area contributed by atoms with E-state index in [0.717, 1.165) is 41.0 Å². The Labute approximate surface area is 182 Å². The fraction of sp³-hybridized carbons (Fsp3) is 0.360. The minimum absolute atomic E-state index is 0.0810. The SMILES string of the molecule is Cc1nn(-c2ccc(F)cc2)c(C)c1CC(=O)N1CCC(C(O)c2ccccc2)CC1. The van der Waals surface area contributed by atoms with Gasteiger partial charge in [-0.25, -0.2) is 9.07 Å². The van der Waals surface area contributed by atoms with Gasteiger partial charge in [-0.1, -0.05) is 30.3 Å². The molecule has 1 amide bonds. The zero-order valence-electron chi connectivity index (χ0n) is 18.0. The standard InChI is InChI=1S/C25H28FN3O2/c1-17-23(18(2)29(27-17)22-10-8-21(26)9-11-22)16-24(30)28-14-12-20(13-15-28)25(31)19-6-4-3-5-7-19/h3-11,20,25,31H,12-16H2,1-2H3. The number of aliphatic hydroxyl groups excluding tert-OH is 1. The van der Waals surface area contributed by atoms with Crippen molar-refractivity contribution in [2.45, 2.75) is 39.2 Å². The number of likely N-dealkylation sites (tertiary alicyclic amines) is 1. The van der Waals surface area contributed by atoms with Crippen molar-refractivity contribution in [1.29, 1.82) is 0 Å². The Kier molecular flexibility index (Phi) is 6.18. The Hall–Kier alpha value is -2.99. The van der Waals surface area contributed by atoms with Crippen LogP contribution in [0.5, 0.6) is 0 Å². The van der Waals surface area contributed by atoms with Gasteiger partial charge in [0.05, 0.1) is 23.9 Å². The molecular formula is C25H28FN3O2. The van der Waals surface area contributed by atoms with Crippen LogP contribution in [0.3, 0.4) is 0 Å². The molecule has 5 nitrogen and oxygen atoms in total. The average Bonchev–Trinajstić information content (AvgIpc) is 3.08. The Morgan fingerprint density at radius 3 is 2.39 bits per heavy atom. The number of aryl methyl sites for hydroxylation is 1. The van der Waals surface area contributed by atoms with E-state index in [1.807, 2.05) is 49.1 Å². The highest BCUT2D eigenvalue weighted by atomic mass is 19.1. The van der Waals surface area contributed by atoms with E-state index in [2.05, 4.69) is 5.10 Å². The number of carbonyl (C=O) groups is 1. The summed E-state index contributed by atoms with van der Waals surface area (Å²) in [4.78, 5) is 14.9. The second-order valence-electron chi connectivity index (χ2n) is 8.29. The van der Waals surface area contributed by atoms with Crippen molar-refractivity contribution in [2.75, 3.05) is 13.1 Å². The molecule has 31 heavy (non-hydrogen) atoms. The third-order valence-electron chi connectivity index (χ3n) is 6.32. The van der Waals surface area contributed by atoms with Gasteiger partial charge in [0.1, 0.15) is 5.82 Å². The summed E-state index contributed by atoms with van der Waals surface area (Å²) in [6, 6.07) is 15.9. The maximum absolute atomic E-state index is 13.2. The number of nitrogens with zero attached hydrogens (tertiary/aromatic N) is 3. The van der Waals surface area contributed by atoms with E-state index < -0.39 is 6.10 Å². The number of benzene rings is 2. The lowest BCUT2D eigenvalue weighted by Crippen LogP contribution is -2.40. The van der Waals surface area contributed by atoms with Gasteiger partial charge >= 0.3 is 0 Å². The molecule has 2 aromatic carbocycles. The molecule has 162 valence electrons. The maximum Gasteiger partial charge on any atom is 0.227 e. The number of piperidine rings is 1. The quantitative estimate of drug-likeness (QED) is 0.674. The third kappa shape index (κ3) is 4.54. The van der Waals surface area contributed by atoms with Crippen molar-refractivity contribution in [1.82, 2.24) is 14.7 Å². The lowest BCUT2D eigenvalue weighted by Gasteiger charge is -2.34. The van der Waals surface area contributed by atoms with E-state index in [0.29, 0.717) is 19.5 Å². The first kappa shape index (κ1) is 21.2. The summed E-state index contributed by atoms with van der Waals surface area (Å²) in [5.41, 5.74) is 4.33. The largest absolute Gasteiger partial charge is 0.388 e. The fourth-order valence-electron chi connectivity index (χ4n) is 4.41. The van der Waals surface area contributed by atoms with Gasteiger partial charge in [0, 0.05) is 24.3 Å². The molecule has 0 aliphatic carbocycles. The summed E-state index contributed by atoms with van der Waals surface area (Å²) in [6.45, 7) is 5.14. The lowest BCUT2D eigenvalue weighted by atomic mass is 9.87. The molecule has 1 unspecified atom stereocenters. The van der Waals surface area contributed by atoms with Gasteiger partial charge in [0.25, 0.3) is 0 Å². The van der Waals surface area contributed by atoms with Crippen LogP contribution in [0.25, 0.3) is 5.69 Å². The van der Waals surface area contributed by atoms with Crippen molar-refractivity contribution in [2.24, 2.45) is 5.92 Å². The highest BCUT2D eigenvalue weighted by Crippen LogP contribution is 2.31. The second-order valence-corrected chi connectivity index (χ2v) is 8.29. The predicted molar refractivity (Wildman–Crippen MR) is 117 cm³/mol. The van der Waals surface area contributed by atoms with Crippen LogP contribution in [0.2, 0.25) is 0 Å². The van der Waals surface area contributed by atoms with Gasteiger partial charge in [-0.2, -0.15) is 5.10 Å². The summed E-state index contributed by atoms with van der Waals surface area (Å²) in [5.74, 6) is -0.0462. The van der Waals surface area contributed by atoms with E-state index >= 15 is 0 Å². The van der Waals surface area contributed by atoms with Crippen LogP contribution in [0.15, 0.2) is 54.6 Å². The van der Waals surface area contributed by atoms with Crippen molar-refractivity contribution in [3.05, 3.63) is 82.9 Å². The van der Waals surface area contributed by atoms with E-state index in [1.54, 1.807) is 16.8 Å². The molecule has 1 aliphatic rings. The van der Waals surface area contributed by atoms with E-state index in [4.69, 9.17) is 0 Å². The molecule has 0 saturated carbocycles. The van der Waals surface area contributed by atoms with Crippen molar-refractivity contribution in [3.63, 3.8) is 0 Å². The first-order valence-corrected chi connectivity index (χ1v) is 10.8. The molecule has 1 atom stereocenters. The zero-order chi connectivity index (χ0) is 22.0. The molecule has 0 bridgehead atoms. The first-order chi connectivity index (χ1) is 14.9. The van der Waals surface area contributed by atoms with Crippen LogP contribution < -0.4 is 0 Å². The summed E-state index contributed by atoms with van der Waals surface area (Å²) in [7, 11) is 0. The minimum Gasteiger partial charge on any atom is -0.388 e. The van der Waals surface area contributed by atoms with Gasteiger partial charge < -0.3 is 10.0 Å². The van der Waals surface area contributed by atoms with Crippen molar-refractivity contribution in [3.8, 4) is 5.69 Å². The van der Waals surface area contributed by atoms with E-state index in [1.165, 1.54) is 12.1 Å². The van der Waals surface area contributed by atoms with Gasteiger partial charge in [0.15, 0.2) is 0 Å². The predicted octanol–water partition coefficient (Wildman–Crippen LogP) is 4.14. The highest BCUT2D eigenvalue weighted by Gasteiger charge is 2.29. The lowest BCUT2D eigenvalue weighted by molar-refractivity contribution is -0.132.